The largest absolute Gasteiger partial charge is 0.497 e. The molecule has 2 heterocycles. The summed E-state index contributed by atoms with van der Waals surface area (Å²) in [7, 11) is 3.37. The molecule has 0 atom stereocenters. The van der Waals surface area contributed by atoms with Gasteiger partial charge < -0.3 is 9.47 Å². The lowest BCUT2D eigenvalue weighted by atomic mass is 9.71. The molecule has 5 heteroatoms. The van der Waals surface area contributed by atoms with Gasteiger partial charge in [0, 0.05) is 36.2 Å². The van der Waals surface area contributed by atoms with Gasteiger partial charge in [-0.3, -0.25) is 4.79 Å². The van der Waals surface area contributed by atoms with Crippen molar-refractivity contribution in [2.24, 2.45) is 10.8 Å². The smallest absolute Gasteiger partial charge is 0.186 e. The summed E-state index contributed by atoms with van der Waals surface area (Å²) in [5.74, 6) is 1.83. The molecule has 0 bridgehead atoms. The number of hydrogen-bond donors (Lipinski definition) is 0. The summed E-state index contributed by atoms with van der Waals surface area (Å²) in [5, 5.41) is 0. The van der Waals surface area contributed by atoms with Gasteiger partial charge in [0.05, 0.1) is 14.2 Å². The van der Waals surface area contributed by atoms with E-state index in [1.54, 1.807) is 36.9 Å². The van der Waals surface area contributed by atoms with Gasteiger partial charge in [0.25, 0.3) is 0 Å². The third-order valence-corrected chi connectivity index (χ3v) is 9.75. The Morgan fingerprint density at radius 1 is 0.571 bits per heavy atom. The molecule has 0 unspecified atom stereocenters. The lowest BCUT2D eigenvalue weighted by molar-refractivity contribution is -0.114. The number of Topliss-reactive ketones (excluding diaryl/α,β-unsaturated/α-hetero) is 1. The van der Waals surface area contributed by atoms with Crippen LogP contribution in [0.5, 0.6) is 11.5 Å². The van der Waals surface area contributed by atoms with Gasteiger partial charge >= 0.3 is 0 Å². The number of methoxy groups -OCH3 is 2. The second-order valence-electron chi connectivity index (χ2n) is 12.6. The fourth-order valence-corrected chi connectivity index (χ4v) is 7.31. The van der Waals surface area contributed by atoms with Crippen LogP contribution in [0.1, 0.15) is 51.3 Å². The minimum Gasteiger partial charge on any atom is -0.497 e. The molecule has 42 heavy (non-hydrogen) atoms. The second-order valence-corrected chi connectivity index (χ2v) is 14.7. The summed E-state index contributed by atoms with van der Waals surface area (Å²) in [6.45, 7) is 12.7. The molecule has 3 nitrogen and oxygen atoms in total. The van der Waals surface area contributed by atoms with E-state index in [1.165, 1.54) is 19.5 Å². The molecular formula is C37H38O3S2. The van der Waals surface area contributed by atoms with Crippen molar-refractivity contribution >= 4 is 34.0 Å². The van der Waals surface area contributed by atoms with Crippen molar-refractivity contribution < 1.29 is 14.3 Å². The van der Waals surface area contributed by atoms with Crippen LogP contribution in [0.2, 0.25) is 0 Å². The van der Waals surface area contributed by atoms with Crippen LogP contribution in [-0.2, 0) is 4.79 Å². The van der Waals surface area contributed by atoms with Gasteiger partial charge in [0.15, 0.2) is 5.78 Å². The predicted octanol–water partition coefficient (Wildman–Crippen LogP) is 10.5. The maximum atomic E-state index is 13.8. The van der Waals surface area contributed by atoms with Gasteiger partial charge in [0.1, 0.15) is 11.5 Å². The monoisotopic (exact) mass is 594 g/mol. The van der Waals surface area contributed by atoms with Crippen LogP contribution in [0.25, 0.3) is 26.5 Å². The van der Waals surface area contributed by atoms with Crippen LogP contribution in [-0.4, -0.2) is 20.0 Å². The quantitative estimate of drug-likeness (QED) is 0.223. The van der Waals surface area contributed by atoms with E-state index < -0.39 is 0 Å². The minimum atomic E-state index is -0.286. The standard InChI is InChI=1S/C37H38O3S2/c1-36(2,3)28-21-25(22-29(35(28)38)37(4,5)6)34(32-19-17-30(41-32)23-9-13-26(39-7)14-10-23)33-20-18-31(42-33)24-11-15-27(40-8)16-12-24/h9-22H,1-8H3. The molecule has 0 aliphatic heterocycles. The lowest BCUT2D eigenvalue weighted by Gasteiger charge is -2.32. The molecule has 1 aliphatic rings. The van der Waals surface area contributed by atoms with Gasteiger partial charge in [0.2, 0.25) is 0 Å². The van der Waals surface area contributed by atoms with Crippen LogP contribution in [0.15, 0.2) is 102 Å². The van der Waals surface area contributed by atoms with Crippen molar-refractivity contribution in [3.8, 4) is 32.4 Å². The number of benzene rings is 2. The summed E-state index contributed by atoms with van der Waals surface area (Å²) in [5.41, 5.74) is 5.66. The van der Waals surface area contributed by atoms with E-state index in [2.05, 4.69) is 102 Å². The van der Waals surface area contributed by atoms with Gasteiger partial charge in [-0.1, -0.05) is 41.5 Å². The number of ether oxygens (including phenoxy) is 2. The summed E-state index contributed by atoms with van der Waals surface area (Å²) < 4.78 is 10.7. The van der Waals surface area contributed by atoms with Gasteiger partial charge in [-0.15, -0.1) is 22.7 Å². The summed E-state index contributed by atoms with van der Waals surface area (Å²) in [4.78, 5) is 18.5. The molecule has 0 amide bonds. The third kappa shape index (κ3) is 6.08. The zero-order valence-electron chi connectivity index (χ0n) is 25.6. The number of carbonyl (C=O) groups is 1. The Hall–Kier alpha value is -3.67. The molecule has 1 aliphatic carbocycles. The Morgan fingerprint density at radius 2 is 0.952 bits per heavy atom. The first-order chi connectivity index (χ1) is 19.9. The average molecular weight is 595 g/mol. The lowest BCUT2D eigenvalue weighted by Crippen LogP contribution is -2.28. The Labute approximate surface area is 257 Å². The minimum absolute atomic E-state index is 0.147. The summed E-state index contributed by atoms with van der Waals surface area (Å²) in [6.07, 6.45) is 4.26. The highest BCUT2D eigenvalue weighted by Crippen LogP contribution is 2.45. The van der Waals surface area contributed by atoms with E-state index in [9.17, 15) is 4.79 Å². The average Bonchev–Trinajstić information content (AvgIpc) is 3.64. The SMILES string of the molecule is COc1ccc(-c2ccc(C(=C3C=C(C(C)(C)C)C(=O)C(C(C)(C)C)=C3)c3ccc(-c4ccc(OC)cc4)s3)s2)cc1. The number of thiophene rings is 2. The van der Waals surface area contributed by atoms with Gasteiger partial charge in [-0.2, -0.15) is 0 Å². The first kappa shape index (κ1) is 29.8. The van der Waals surface area contributed by atoms with Crippen molar-refractivity contribution in [3.05, 3.63) is 111 Å². The molecule has 0 N–H and O–H groups in total. The zero-order chi connectivity index (χ0) is 30.2. The van der Waals surface area contributed by atoms with Crippen LogP contribution >= 0.6 is 22.7 Å². The zero-order valence-corrected chi connectivity index (χ0v) is 27.3. The highest BCUT2D eigenvalue weighted by Gasteiger charge is 2.35. The molecule has 2 aromatic carbocycles. The molecule has 0 fully saturated rings. The molecule has 0 spiro atoms. The molecule has 2 aromatic heterocycles. The topological polar surface area (TPSA) is 35.5 Å². The number of hydrogen-bond acceptors (Lipinski definition) is 5. The van der Waals surface area contributed by atoms with Crippen molar-refractivity contribution in [3.63, 3.8) is 0 Å². The van der Waals surface area contributed by atoms with Crippen molar-refractivity contribution in [1.82, 2.24) is 0 Å². The second kappa shape index (κ2) is 11.5. The van der Waals surface area contributed by atoms with Crippen molar-refractivity contribution in [2.45, 2.75) is 41.5 Å². The molecule has 0 saturated heterocycles. The fourth-order valence-electron chi connectivity index (χ4n) is 5.06. The maximum absolute atomic E-state index is 13.8. The van der Waals surface area contributed by atoms with Crippen LogP contribution in [0.3, 0.4) is 0 Å². The van der Waals surface area contributed by atoms with E-state index in [0.717, 1.165) is 44.9 Å². The first-order valence-electron chi connectivity index (χ1n) is 14.1. The molecule has 4 aromatic rings. The van der Waals surface area contributed by atoms with E-state index >= 15 is 0 Å². The van der Waals surface area contributed by atoms with E-state index in [0.29, 0.717) is 0 Å². The van der Waals surface area contributed by atoms with Crippen molar-refractivity contribution in [2.75, 3.05) is 14.2 Å². The number of ketones is 1. The highest BCUT2D eigenvalue weighted by atomic mass is 32.1. The van der Waals surface area contributed by atoms with Crippen molar-refractivity contribution in [1.29, 1.82) is 0 Å². The number of allylic oxidation sites excluding steroid dienone is 5. The highest BCUT2D eigenvalue weighted by molar-refractivity contribution is 7.19. The normalized spacial score (nSPS) is 14.0. The Balaban J connectivity index is 1.72. The summed E-state index contributed by atoms with van der Waals surface area (Å²) >= 11 is 3.54. The Kier molecular flexibility index (Phi) is 8.19. The van der Waals surface area contributed by atoms with Crippen LogP contribution in [0, 0.1) is 10.8 Å². The molecule has 0 saturated carbocycles. The van der Waals surface area contributed by atoms with Gasteiger partial charge in [-0.05, 0) is 112 Å². The number of carbonyl (C=O) groups excluding carboxylic acids is 1. The molecule has 216 valence electrons. The maximum Gasteiger partial charge on any atom is 0.186 e. The Bertz CT molecular complexity index is 1570. The fraction of sp³-hybridized carbons (Fsp3) is 0.270. The molecule has 0 radical (unpaired) electrons. The Morgan fingerprint density at radius 3 is 1.29 bits per heavy atom. The molecule has 5 rings (SSSR count). The first-order valence-corrected chi connectivity index (χ1v) is 15.7. The third-order valence-electron chi connectivity index (χ3n) is 7.45. The number of rotatable bonds is 6. The van der Waals surface area contributed by atoms with E-state index in [1.807, 2.05) is 24.3 Å². The predicted molar refractivity (Wildman–Crippen MR) is 179 cm³/mol. The summed E-state index contributed by atoms with van der Waals surface area (Å²) in [6, 6.07) is 25.2. The van der Waals surface area contributed by atoms with E-state index in [-0.39, 0.29) is 16.6 Å². The molecular weight excluding hydrogens is 557 g/mol. The van der Waals surface area contributed by atoms with Crippen LogP contribution in [0.4, 0.5) is 0 Å². The van der Waals surface area contributed by atoms with Gasteiger partial charge in [-0.25, -0.2) is 0 Å². The van der Waals surface area contributed by atoms with E-state index in [4.69, 9.17) is 9.47 Å². The van der Waals surface area contributed by atoms with Crippen LogP contribution < -0.4 is 9.47 Å².